The molecule has 122 valence electrons. The molecule has 5 rings (SSSR count). The van der Waals surface area contributed by atoms with Crippen molar-refractivity contribution in [2.45, 2.75) is 12.0 Å². The first-order chi connectivity index (χ1) is 12.2. The number of hydrogen-bond donors (Lipinski definition) is 2. The van der Waals surface area contributed by atoms with E-state index in [-0.39, 0.29) is 22.5 Å². The third-order valence-corrected chi connectivity index (χ3v) is 5.33. The third-order valence-electron chi connectivity index (χ3n) is 5.33. The number of amides is 1. The number of nitrogens with zero attached hydrogens (tertiary/aromatic N) is 1. The molecule has 2 heterocycles. The Balaban J connectivity index is 1.68. The third kappa shape index (κ3) is 1.77. The van der Waals surface area contributed by atoms with E-state index in [1.807, 2.05) is 54.6 Å². The van der Waals surface area contributed by atoms with Gasteiger partial charge in [-0.05, 0) is 18.2 Å². The van der Waals surface area contributed by atoms with E-state index in [9.17, 15) is 4.79 Å². The van der Waals surface area contributed by atoms with Gasteiger partial charge >= 0.3 is 5.91 Å². The van der Waals surface area contributed by atoms with Crippen LogP contribution in [0, 0.1) is 0 Å². The van der Waals surface area contributed by atoms with E-state index in [1.165, 1.54) is 5.56 Å². The molecule has 2 aliphatic heterocycles. The van der Waals surface area contributed by atoms with Crippen LogP contribution in [0.5, 0.6) is 0 Å². The standard InChI is InChI=1S/C21H18N3O/c22-15-9-6-10-16(13-15)23-24-18-12-5-4-11-17(18)19(21(24)25)20(24)14-7-2-1-3-8-14/h1-13,19-20,23H,22H2/q+1. The van der Waals surface area contributed by atoms with E-state index < -0.39 is 0 Å². The molecule has 1 saturated heterocycles. The van der Waals surface area contributed by atoms with E-state index in [0.29, 0.717) is 5.69 Å². The number of rotatable bonds is 3. The highest BCUT2D eigenvalue weighted by molar-refractivity contribution is 6.09. The quantitative estimate of drug-likeness (QED) is 0.434. The smallest absolute Gasteiger partial charge is 0.357 e. The molecule has 3 aromatic carbocycles. The first-order valence-electron chi connectivity index (χ1n) is 8.43. The summed E-state index contributed by atoms with van der Waals surface area (Å²) in [5.74, 6) is 0.102. The molecule has 0 aromatic heterocycles. The van der Waals surface area contributed by atoms with Crippen molar-refractivity contribution in [1.82, 2.24) is 4.59 Å². The Morgan fingerprint density at radius 2 is 1.64 bits per heavy atom. The Morgan fingerprint density at radius 3 is 2.44 bits per heavy atom. The van der Waals surface area contributed by atoms with E-state index in [1.54, 1.807) is 0 Å². The second kappa shape index (κ2) is 4.94. The zero-order valence-corrected chi connectivity index (χ0v) is 13.6. The molecule has 2 bridgehead atoms. The van der Waals surface area contributed by atoms with Crippen LogP contribution in [-0.2, 0) is 4.79 Å². The van der Waals surface area contributed by atoms with E-state index in [0.717, 1.165) is 16.9 Å². The van der Waals surface area contributed by atoms with Gasteiger partial charge in [0.05, 0.1) is 5.69 Å². The number of carbonyl (C=O) groups excluding carboxylic acids is 1. The molecule has 0 aliphatic carbocycles. The molecule has 3 N–H and O–H groups in total. The number of anilines is 2. The van der Waals surface area contributed by atoms with Crippen LogP contribution in [-0.4, -0.2) is 5.91 Å². The lowest BCUT2D eigenvalue weighted by Crippen LogP contribution is -2.68. The van der Waals surface area contributed by atoms with Crippen molar-refractivity contribution in [3.63, 3.8) is 0 Å². The molecule has 4 nitrogen and oxygen atoms in total. The van der Waals surface area contributed by atoms with Crippen LogP contribution in [0.2, 0.25) is 0 Å². The highest BCUT2D eigenvalue weighted by Crippen LogP contribution is 2.63. The number of nitrogens with one attached hydrogen (secondary N) is 1. The molecule has 2 aliphatic rings. The van der Waals surface area contributed by atoms with E-state index in [4.69, 9.17) is 5.73 Å². The fourth-order valence-corrected chi connectivity index (χ4v) is 4.34. The summed E-state index contributed by atoms with van der Waals surface area (Å²) >= 11 is 0. The van der Waals surface area contributed by atoms with Crippen LogP contribution in [0.3, 0.4) is 0 Å². The zero-order chi connectivity index (χ0) is 17.0. The maximum Gasteiger partial charge on any atom is 0.357 e. The van der Waals surface area contributed by atoms with Gasteiger partial charge in [0.15, 0.2) is 17.6 Å². The van der Waals surface area contributed by atoms with Crippen LogP contribution >= 0.6 is 0 Å². The average molecular weight is 328 g/mol. The highest BCUT2D eigenvalue weighted by Gasteiger charge is 2.74. The lowest BCUT2D eigenvalue weighted by molar-refractivity contribution is -0.143. The molecule has 3 atom stereocenters. The van der Waals surface area contributed by atoms with Crippen molar-refractivity contribution in [1.29, 1.82) is 0 Å². The number of fused-ring (bicyclic) bond motifs is 5. The number of para-hydroxylation sites is 1. The fraction of sp³-hybridized carbons (Fsp3) is 0.0952. The Labute approximate surface area is 146 Å². The van der Waals surface area contributed by atoms with Gasteiger partial charge in [-0.15, -0.1) is 4.59 Å². The maximum absolute atomic E-state index is 13.2. The minimum atomic E-state index is -0.0906. The fourth-order valence-electron chi connectivity index (χ4n) is 4.34. The number of hydrogen-bond acceptors (Lipinski definition) is 3. The van der Waals surface area contributed by atoms with Gasteiger partial charge < -0.3 is 5.73 Å². The number of quaternary nitrogens is 1. The molecular formula is C21H18N3O+. The number of benzene rings is 3. The summed E-state index contributed by atoms with van der Waals surface area (Å²) in [6.07, 6.45) is 0. The summed E-state index contributed by atoms with van der Waals surface area (Å²) < 4.78 is 0.133. The summed E-state index contributed by atoms with van der Waals surface area (Å²) in [7, 11) is 0. The summed E-state index contributed by atoms with van der Waals surface area (Å²) in [5, 5.41) is 0. The molecule has 25 heavy (non-hydrogen) atoms. The van der Waals surface area contributed by atoms with Gasteiger partial charge in [0.25, 0.3) is 0 Å². The molecule has 1 fully saturated rings. The van der Waals surface area contributed by atoms with Gasteiger partial charge in [0.1, 0.15) is 0 Å². The maximum atomic E-state index is 13.2. The van der Waals surface area contributed by atoms with Crippen molar-refractivity contribution >= 4 is 23.0 Å². The zero-order valence-electron chi connectivity index (χ0n) is 13.6. The molecule has 3 unspecified atom stereocenters. The normalized spacial score (nSPS) is 26.0. The van der Waals surface area contributed by atoms with Gasteiger partial charge in [-0.3, -0.25) is 0 Å². The van der Waals surface area contributed by atoms with Crippen molar-refractivity contribution in [3.8, 4) is 0 Å². The first-order valence-corrected chi connectivity index (χ1v) is 8.43. The number of nitrogens with two attached hydrogens (primary N) is 1. The van der Waals surface area contributed by atoms with Crippen molar-refractivity contribution < 1.29 is 4.79 Å². The van der Waals surface area contributed by atoms with Gasteiger partial charge in [0, 0.05) is 22.9 Å². The lowest BCUT2D eigenvalue weighted by Gasteiger charge is -2.45. The minimum absolute atomic E-state index is 0.0486. The monoisotopic (exact) mass is 328 g/mol. The summed E-state index contributed by atoms with van der Waals surface area (Å²) in [5.41, 5.74) is 14.3. The summed E-state index contributed by atoms with van der Waals surface area (Å²) in [6.45, 7) is 0. The molecule has 4 heteroatoms. The van der Waals surface area contributed by atoms with Crippen molar-refractivity contribution in [2.24, 2.45) is 0 Å². The molecule has 0 radical (unpaired) electrons. The van der Waals surface area contributed by atoms with Crippen LogP contribution in [0.1, 0.15) is 23.1 Å². The predicted octanol–water partition coefficient (Wildman–Crippen LogP) is 3.98. The molecule has 0 saturated carbocycles. The van der Waals surface area contributed by atoms with Gasteiger partial charge in [0.2, 0.25) is 0 Å². The summed E-state index contributed by atoms with van der Waals surface area (Å²) in [6, 6.07) is 26.0. The Hall–Kier alpha value is -3.11. The molecule has 1 amide bonds. The predicted molar refractivity (Wildman–Crippen MR) is 99.6 cm³/mol. The second-order valence-corrected chi connectivity index (χ2v) is 6.69. The lowest BCUT2D eigenvalue weighted by atomic mass is 9.83. The van der Waals surface area contributed by atoms with Crippen LogP contribution in [0.4, 0.5) is 17.1 Å². The molecule has 3 aromatic rings. The Bertz CT molecular complexity index is 985. The SMILES string of the molecule is Nc1cccc(N[N+]23C(=O)C(c4ccccc42)C3c2ccccc2)c1. The number of carbonyl (C=O) groups is 1. The minimum Gasteiger partial charge on any atom is -0.399 e. The largest absolute Gasteiger partial charge is 0.399 e. The second-order valence-electron chi connectivity index (χ2n) is 6.69. The van der Waals surface area contributed by atoms with Crippen LogP contribution in [0.25, 0.3) is 0 Å². The van der Waals surface area contributed by atoms with Gasteiger partial charge in [-0.25, -0.2) is 10.2 Å². The highest BCUT2D eigenvalue weighted by atomic mass is 16.2. The Morgan fingerprint density at radius 1 is 0.880 bits per heavy atom. The summed E-state index contributed by atoms with van der Waals surface area (Å²) in [4.78, 5) is 13.2. The van der Waals surface area contributed by atoms with Crippen LogP contribution in [0.15, 0.2) is 78.9 Å². The topological polar surface area (TPSA) is 55.1 Å². The van der Waals surface area contributed by atoms with Crippen LogP contribution < -0.4 is 15.8 Å². The molecular weight excluding hydrogens is 310 g/mol. The van der Waals surface area contributed by atoms with Gasteiger partial charge in [-0.1, -0.05) is 54.6 Å². The molecule has 0 spiro atoms. The van der Waals surface area contributed by atoms with Gasteiger partial charge in [-0.2, -0.15) is 0 Å². The van der Waals surface area contributed by atoms with E-state index >= 15 is 0 Å². The first kappa shape index (κ1) is 14.3. The number of nitrogen functional groups attached to an aromatic ring is 1. The number of β-lactam (4-membered cyclic amide) rings is 1. The van der Waals surface area contributed by atoms with E-state index in [2.05, 4.69) is 29.7 Å². The average Bonchev–Trinajstić information content (AvgIpc) is 3.06. The van der Waals surface area contributed by atoms with Crippen molar-refractivity contribution in [3.05, 3.63) is 90.0 Å². The van der Waals surface area contributed by atoms with Crippen molar-refractivity contribution in [2.75, 3.05) is 11.2 Å². The Kier molecular flexibility index (Phi) is 2.82.